The summed E-state index contributed by atoms with van der Waals surface area (Å²) >= 11 is 0. The molecule has 17 N–H and O–H groups in total. The second-order valence-corrected chi connectivity index (χ2v) is 26.9. The number of fused-ring (bicyclic) bond motifs is 7. The van der Waals surface area contributed by atoms with Gasteiger partial charge in [-0.15, -0.1) is 0 Å². The van der Waals surface area contributed by atoms with Crippen molar-refractivity contribution in [3.63, 3.8) is 0 Å². The van der Waals surface area contributed by atoms with Crippen molar-refractivity contribution in [1.29, 1.82) is 0 Å². The molecule has 7 saturated heterocycles. The van der Waals surface area contributed by atoms with Crippen molar-refractivity contribution in [2.75, 3.05) is 39.6 Å². The van der Waals surface area contributed by atoms with Crippen LogP contribution in [0.15, 0.2) is 0 Å². The first-order chi connectivity index (χ1) is 40.3. The van der Waals surface area contributed by atoms with E-state index in [2.05, 4.69) is 27.7 Å². The van der Waals surface area contributed by atoms with Crippen LogP contribution in [0.1, 0.15) is 79.1 Å². The van der Waals surface area contributed by atoms with Gasteiger partial charge in [-0.2, -0.15) is 0 Å². The fourth-order valence-corrected chi connectivity index (χ4v) is 17.4. The smallest absolute Gasteiger partial charge is 0.187 e. The first kappa shape index (κ1) is 65.3. The SMILES string of the molecule is CC1CC[C@@]2(OC1)OC1C(O)C3C4CC[C@H]5CC(O[C@@H]6O[C@@H](CO)[C@H](OC7OC(CO)C(O)C(OC8OCC(O)C(O)[C@H]8O)[C@@H]7O[C@@H]7OC(CO)[C@H](O)[C@@H](O[C@@H]8OC(CO)C(O)C(O)C8O)C7O)C(O)C6O)C(O)C[C@]5(C)C4CC[C@]3(C)C1C2C. The third-order valence-electron chi connectivity index (χ3n) is 22.2. The highest BCUT2D eigenvalue weighted by atomic mass is 16.8. The van der Waals surface area contributed by atoms with Crippen LogP contribution in [0.5, 0.6) is 0 Å². The summed E-state index contributed by atoms with van der Waals surface area (Å²) in [6, 6.07) is 0. The molecule has 29 heteroatoms. The Kier molecular flexibility index (Phi) is 19.5. The minimum absolute atomic E-state index is 0.00749. The molecule has 38 atom stereocenters. The summed E-state index contributed by atoms with van der Waals surface area (Å²) < 4.78 is 72.8. The molecule has 11 aliphatic rings. The van der Waals surface area contributed by atoms with Crippen LogP contribution < -0.4 is 0 Å². The summed E-state index contributed by atoms with van der Waals surface area (Å²) in [4.78, 5) is 0. The van der Waals surface area contributed by atoms with E-state index in [-0.39, 0.29) is 52.4 Å². The minimum atomic E-state index is -2.21. The quantitative estimate of drug-likeness (QED) is 0.0719. The normalized spacial score (nSPS) is 58.1. The van der Waals surface area contributed by atoms with Gasteiger partial charge in [-0.05, 0) is 85.4 Å². The maximum Gasteiger partial charge on any atom is 0.187 e. The van der Waals surface area contributed by atoms with Crippen LogP contribution in [0.25, 0.3) is 0 Å². The molecule has 1 spiro atoms. The van der Waals surface area contributed by atoms with Crippen LogP contribution in [0, 0.1) is 52.3 Å². The first-order valence-corrected chi connectivity index (χ1v) is 30.5. The summed E-state index contributed by atoms with van der Waals surface area (Å²) in [5, 5.41) is 188. The lowest BCUT2D eigenvalue weighted by molar-refractivity contribution is -0.410. The lowest BCUT2D eigenvalue weighted by atomic mass is 9.44. The van der Waals surface area contributed by atoms with E-state index >= 15 is 0 Å². The monoisotopic (exact) mass is 1230 g/mol. The molecule has 0 radical (unpaired) electrons. The summed E-state index contributed by atoms with van der Waals surface area (Å²) in [5.41, 5.74) is -0.531. The van der Waals surface area contributed by atoms with Crippen molar-refractivity contribution < 1.29 is 144 Å². The molecule has 29 nitrogen and oxygen atoms in total. The molecule has 0 amide bonds. The molecule has 25 unspecified atom stereocenters. The van der Waals surface area contributed by atoms with Gasteiger partial charge in [0, 0.05) is 18.3 Å². The van der Waals surface area contributed by atoms with Crippen LogP contribution >= 0.6 is 0 Å². The Morgan fingerprint density at radius 1 is 0.447 bits per heavy atom. The van der Waals surface area contributed by atoms with Crippen molar-refractivity contribution >= 4 is 0 Å². The van der Waals surface area contributed by atoms with Crippen LogP contribution in [0.4, 0.5) is 0 Å². The largest absolute Gasteiger partial charge is 0.394 e. The van der Waals surface area contributed by atoms with Crippen LogP contribution in [0.3, 0.4) is 0 Å². The Morgan fingerprint density at radius 3 is 1.67 bits per heavy atom. The van der Waals surface area contributed by atoms with Crippen molar-refractivity contribution in [3.05, 3.63) is 0 Å². The summed E-state index contributed by atoms with van der Waals surface area (Å²) in [5.74, 6) is 0.388. The maximum atomic E-state index is 12.3. The Balaban J connectivity index is 0.797. The van der Waals surface area contributed by atoms with Gasteiger partial charge < -0.3 is 144 Å². The molecule has 0 bridgehead atoms. The van der Waals surface area contributed by atoms with Crippen LogP contribution in [-0.2, 0) is 56.8 Å². The van der Waals surface area contributed by atoms with E-state index in [9.17, 15) is 86.8 Å². The van der Waals surface area contributed by atoms with Crippen molar-refractivity contribution in [2.24, 2.45) is 52.3 Å². The van der Waals surface area contributed by atoms with Gasteiger partial charge in [0.2, 0.25) is 0 Å². The highest BCUT2D eigenvalue weighted by Gasteiger charge is 2.73. The number of hydrogen-bond acceptors (Lipinski definition) is 29. The zero-order valence-corrected chi connectivity index (χ0v) is 48.1. The fourth-order valence-electron chi connectivity index (χ4n) is 17.4. The van der Waals surface area contributed by atoms with E-state index < -0.39 is 205 Å². The third kappa shape index (κ3) is 11.3. The zero-order chi connectivity index (χ0) is 61.1. The standard InChI is InChI=1S/C56H92O29/c1-19-7-10-56(75-17-19)20(2)31-45(85-56)37(67)32-22-6-5-21-11-26(24(61)12-55(21,4)23(22)8-9-54(31,32)3)76-50-42(72)39(69)44(30(16-60)80-50)81-53-48(47(36(66)29(15-59)79-53)83-49-40(70)33(63)25(62)18-74-49)84-52-43(73)46(35(65)28(14-58)78-52)82-51-41(71)38(68)34(64)27(13-57)77-51/h19-53,57-73H,5-18H2,1-4H3/t19?,20?,21-,22?,23?,24?,25?,26?,27?,28?,29?,30-,31?,32?,33?,34?,35-,36?,37?,38?,39?,40+,41?,42?,43?,44-,45?,46+,47?,48-,49?,50+,51-,52-,53?,54+,55-,56+/m0/s1. The van der Waals surface area contributed by atoms with Crippen molar-refractivity contribution in [3.8, 4) is 0 Å². The Hall–Kier alpha value is -1.16. The number of aliphatic hydroxyl groups is 17. The van der Waals surface area contributed by atoms with E-state index in [0.717, 1.165) is 38.5 Å². The molecular formula is C56H92O29. The van der Waals surface area contributed by atoms with E-state index in [1.807, 2.05) is 0 Å². The molecule has 0 aromatic heterocycles. The predicted octanol–water partition coefficient (Wildman–Crippen LogP) is -6.50. The van der Waals surface area contributed by atoms with Gasteiger partial charge in [0.25, 0.3) is 0 Å². The molecule has 4 aliphatic carbocycles. The molecule has 0 aromatic carbocycles. The molecule has 7 heterocycles. The molecule has 0 aromatic rings. The maximum absolute atomic E-state index is 12.3. The van der Waals surface area contributed by atoms with E-state index in [1.54, 1.807) is 0 Å². The van der Waals surface area contributed by atoms with Crippen LogP contribution in [-0.4, -0.2) is 304 Å². The number of hydrogen-bond donors (Lipinski definition) is 17. The van der Waals surface area contributed by atoms with Crippen molar-refractivity contribution in [2.45, 2.75) is 257 Å². The minimum Gasteiger partial charge on any atom is -0.394 e. The highest BCUT2D eigenvalue weighted by molar-refractivity contribution is 5.19. The Labute approximate surface area is 491 Å². The molecule has 7 aliphatic heterocycles. The Morgan fingerprint density at radius 2 is 1.01 bits per heavy atom. The topological polar surface area (TPSA) is 455 Å². The predicted molar refractivity (Wildman–Crippen MR) is 278 cm³/mol. The molecule has 85 heavy (non-hydrogen) atoms. The van der Waals surface area contributed by atoms with Gasteiger partial charge in [-0.1, -0.05) is 27.7 Å². The van der Waals surface area contributed by atoms with Gasteiger partial charge in [-0.25, -0.2) is 0 Å². The average molecular weight is 1230 g/mol. The number of aliphatic hydroxyl groups excluding tert-OH is 17. The molecule has 4 saturated carbocycles. The van der Waals surface area contributed by atoms with Crippen LogP contribution in [0.2, 0.25) is 0 Å². The summed E-state index contributed by atoms with van der Waals surface area (Å²) in [6.45, 7) is 5.21. The molecular weight excluding hydrogens is 1140 g/mol. The average Bonchev–Trinajstić information content (AvgIpc) is 1.59. The van der Waals surface area contributed by atoms with Gasteiger partial charge in [-0.3, -0.25) is 0 Å². The molecule has 11 fully saturated rings. The second-order valence-electron chi connectivity index (χ2n) is 26.9. The van der Waals surface area contributed by atoms with Gasteiger partial charge in [0.15, 0.2) is 37.2 Å². The molecule has 11 rings (SSSR count). The Bertz CT molecular complexity index is 2220. The number of ether oxygens (including phenoxy) is 12. The van der Waals surface area contributed by atoms with E-state index in [1.165, 1.54) is 0 Å². The zero-order valence-electron chi connectivity index (χ0n) is 48.1. The summed E-state index contributed by atoms with van der Waals surface area (Å²) in [6.07, 6.45) is -42.5. The lowest BCUT2D eigenvalue weighted by Gasteiger charge is -2.62. The van der Waals surface area contributed by atoms with Gasteiger partial charge in [0.05, 0.1) is 64.1 Å². The molecule has 490 valence electrons. The summed E-state index contributed by atoms with van der Waals surface area (Å²) in [7, 11) is 0. The van der Waals surface area contributed by atoms with Gasteiger partial charge in [0.1, 0.15) is 116 Å². The van der Waals surface area contributed by atoms with Crippen molar-refractivity contribution in [1.82, 2.24) is 0 Å². The lowest BCUT2D eigenvalue weighted by Crippen LogP contribution is -2.69. The van der Waals surface area contributed by atoms with E-state index in [4.69, 9.17) is 56.8 Å². The first-order valence-electron chi connectivity index (χ1n) is 30.5. The fraction of sp³-hybridized carbons (Fsp3) is 1.00. The highest BCUT2D eigenvalue weighted by Crippen LogP contribution is 2.71. The number of rotatable bonds is 14. The van der Waals surface area contributed by atoms with Gasteiger partial charge >= 0.3 is 0 Å². The van der Waals surface area contributed by atoms with E-state index in [0.29, 0.717) is 25.4 Å². The third-order valence-corrected chi connectivity index (χ3v) is 22.2. The second kappa shape index (κ2) is 25.4.